The molecule has 3 nitrogen and oxygen atoms in total. The molecule has 0 aliphatic carbocycles. The Morgan fingerprint density at radius 3 is 2.30 bits per heavy atom. The van der Waals surface area contributed by atoms with Gasteiger partial charge >= 0.3 is 0 Å². The van der Waals surface area contributed by atoms with Crippen LogP contribution in [0.3, 0.4) is 0 Å². The Labute approximate surface area is 122 Å². The van der Waals surface area contributed by atoms with Crippen LogP contribution in [-0.2, 0) is 10.2 Å². The van der Waals surface area contributed by atoms with Crippen molar-refractivity contribution >= 4 is 5.91 Å². The van der Waals surface area contributed by atoms with E-state index in [1.807, 2.05) is 38.1 Å². The Kier molecular flexibility index (Phi) is 6.21. The monoisotopic (exact) mass is 277 g/mol. The number of carbonyl (C=O) groups excluding carboxylic acids is 1. The Morgan fingerprint density at radius 1 is 1.20 bits per heavy atom. The van der Waals surface area contributed by atoms with Gasteiger partial charge in [0.05, 0.1) is 6.10 Å². The lowest BCUT2D eigenvalue weighted by Crippen LogP contribution is -2.25. The summed E-state index contributed by atoms with van der Waals surface area (Å²) in [6.45, 7) is 11.8. The van der Waals surface area contributed by atoms with Gasteiger partial charge in [-0.1, -0.05) is 32.9 Å². The number of hydrogen-bond acceptors (Lipinski definition) is 2. The summed E-state index contributed by atoms with van der Waals surface area (Å²) < 4.78 is 5.43. The number of amides is 1. The van der Waals surface area contributed by atoms with E-state index in [0.717, 1.165) is 6.42 Å². The second-order valence-electron chi connectivity index (χ2n) is 6.36. The molecule has 20 heavy (non-hydrogen) atoms. The number of carbonyl (C=O) groups is 1. The zero-order chi connectivity index (χ0) is 15.2. The minimum absolute atomic E-state index is 0.0185. The molecule has 3 heteroatoms. The van der Waals surface area contributed by atoms with Gasteiger partial charge in [0.25, 0.3) is 5.91 Å². The van der Waals surface area contributed by atoms with Gasteiger partial charge in [0.2, 0.25) is 0 Å². The van der Waals surface area contributed by atoms with Crippen LogP contribution in [-0.4, -0.2) is 25.2 Å². The zero-order valence-electron chi connectivity index (χ0n) is 13.3. The first-order valence-electron chi connectivity index (χ1n) is 7.31. The molecule has 1 rings (SSSR count). The third-order valence-electron chi connectivity index (χ3n) is 3.07. The van der Waals surface area contributed by atoms with Crippen LogP contribution in [0, 0.1) is 0 Å². The van der Waals surface area contributed by atoms with E-state index >= 15 is 0 Å². The van der Waals surface area contributed by atoms with Crippen LogP contribution >= 0.6 is 0 Å². The van der Waals surface area contributed by atoms with Crippen molar-refractivity contribution in [1.82, 2.24) is 5.32 Å². The molecule has 1 amide bonds. The molecule has 0 spiro atoms. The van der Waals surface area contributed by atoms with Gasteiger partial charge in [-0.2, -0.15) is 0 Å². The van der Waals surface area contributed by atoms with Crippen LogP contribution in [0.5, 0.6) is 0 Å². The van der Waals surface area contributed by atoms with Crippen molar-refractivity contribution < 1.29 is 9.53 Å². The van der Waals surface area contributed by atoms with Gasteiger partial charge < -0.3 is 10.1 Å². The SMILES string of the molecule is CC(C)OCCCNC(=O)c1ccc(C(C)(C)C)cc1. The lowest BCUT2D eigenvalue weighted by Gasteiger charge is -2.19. The van der Waals surface area contributed by atoms with Gasteiger partial charge in [-0.15, -0.1) is 0 Å². The zero-order valence-corrected chi connectivity index (χ0v) is 13.3. The Hall–Kier alpha value is -1.35. The quantitative estimate of drug-likeness (QED) is 0.808. The molecule has 0 radical (unpaired) electrons. The first-order chi connectivity index (χ1) is 9.30. The smallest absolute Gasteiger partial charge is 0.251 e. The average Bonchev–Trinajstić information content (AvgIpc) is 2.37. The maximum absolute atomic E-state index is 12.0. The van der Waals surface area contributed by atoms with Gasteiger partial charge in [0.1, 0.15) is 0 Å². The second kappa shape index (κ2) is 7.44. The lowest BCUT2D eigenvalue weighted by atomic mass is 9.87. The topological polar surface area (TPSA) is 38.3 Å². The van der Waals surface area contributed by atoms with Crippen molar-refractivity contribution in [2.24, 2.45) is 0 Å². The summed E-state index contributed by atoms with van der Waals surface area (Å²) in [6.07, 6.45) is 1.08. The molecule has 0 atom stereocenters. The fourth-order valence-corrected chi connectivity index (χ4v) is 1.82. The summed E-state index contributed by atoms with van der Waals surface area (Å²) >= 11 is 0. The minimum atomic E-state index is -0.0185. The number of ether oxygens (including phenoxy) is 1. The summed E-state index contributed by atoms with van der Waals surface area (Å²) in [6, 6.07) is 7.83. The highest BCUT2D eigenvalue weighted by Gasteiger charge is 2.14. The molecule has 1 aromatic carbocycles. The van der Waals surface area contributed by atoms with Crippen molar-refractivity contribution in [3.05, 3.63) is 35.4 Å². The van der Waals surface area contributed by atoms with E-state index in [1.54, 1.807) is 0 Å². The maximum atomic E-state index is 12.0. The molecule has 0 aliphatic rings. The van der Waals surface area contributed by atoms with Gasteiger partial charge in [-0.05, 0) is 43.4 Å². The van der Waals surface area contributed by atoms with Crippen LogP contribution in [0.4, 0.5) is 0 Å². The molecule has 0 fully saturated rings. The predicted octanol–water partition coefficient (Wildman–Crippen LogP) is 3.53. The largest absolute Gasteiger partial charge is 0.379 e. The van der Waals surface area contributed by atoms with Gasteiger partial charge in [-0.25, -0.2) is 0 Å². The minimum Gasteiger partial charge on any atom is -0.379 e. The highest BCUT2D eigenvalue weighted by molar-refractivity contribution is 5.94. The van der Waals surface area contributed by atoms with Crippen molar-refractivity contribution in [2.45, 2.75) is 52.6 Å². The first kappa shape index (κ1) is 16.7. The third kappa shape index (κ3) is 5.74. The molecule has 0 saturated heterocycles. The van der Waals surface area contributed by atoms with Crippen molar-refractivity contribution in [1.29, 1.82) is 0 Å². The Balaban J connectivity index is 2.40. The van der Waals surface area contributed by atoms with Crippen LogP contribution in [0.25, 0.3) is 0 Å². The molecule has 0 bridgehead atoms. The average molecular weight is 277 g/mol. The summed E-state index contributed by atoms with van der Waals surface area (Å²) in [4.78, 5) is 12.0. The van der Waals surface area contributed by atoms with Crippen molar-refractivity contribution in [3.63, 3.8) is 0 Å². The highest BCUT2D eigenvalue weighted by atomic mass is 16.5. The summed E-state index contributed by atoms with van der Waals surface area (Å²) in [5.41, 5.74) is 2.06. The number of benzene rings is 1. The van der Waals surface area contributed by atoms with Crippen LogP contribution in [0.15, 0.2) is 24.3 Å². The molecule has 0 unspecified atom stereocenters. The Morgan fingerprint density at radius 2 is 1.80 bits per heavy atom. The molecule has 0 heterocycles. The molecule has 0 aromatic heterocycles. The van der Waals surface area contributed by atoms with Gasteiger partial charge in [0, 0.05) is 18.7 Å². The van der Waals surface area contributed by atoms with E-state index in [1.165, 1.54) is 5.56 Å². The molecule has 112 valence electrons. The fourth-order valence-electron chi connectivity index (χ4n) is 1.82. The van der Waals surface area contributed by atoms with E-state index in [9.17, 15) is 4.79 Å². The normalized spacial score (nSPS) is 11.7. The number of hydrogen-bond donors (Lipinski definition) is 1. The molecular formula is C17H27NO2. The Bertz CT molecular complexity index is 416. The van der Waals surface area contributed by atoms with E-state index in [0.29, 0.717) is 18.7 Å². The highest BCUT2D eigenvalue weighted by Crippen LogP contribution is 2.22. The van der Waals surface area contributed by atoms with E-state index in [4.69, 9.17) is 4.74 Å². The standard InChI is InChI=1S/C17H27NO2/c1-13(2)20-12-6-11-18-16(19)14-7-9-15(10-8-14)17(3,4)5/h7-10,13H,6,11-12H2,1-5H3,(H,18,19). The predicted molar refractivity (Wildman–Crippen MR) is 83.2 cm³/mol. The summed E-state index contributed by atoms with van der Waals surface area (Å²) in [7, 11) is 0. The van der Waals surface area contributed by atoms with Crippen molar-refractivity contribution in [2.75, 3.05) is 13.2 Å². The lowest BCUT2D eigenvalue weighted by molar-refractivity contribution is 0.0757. The molecule has 1 N–H and O–H groups in total. The molecule has 0 saturated carbocycles. The van der Waals surface area contributed by atoms with Crippen LogP contribution in [0.1, 0.15) is 57.0 Å². The number of rotatable bonds is 6. The maximum Gasteiger partial charge on any atom is 0.251 e. The van der Waals surface area contributed by atoms with Crippen LogP contribution < -0.4 is 5.32 Å². The number of nitrogens with one attached hydrogen (secondary N) is 1. The van der Waals surface area contributed by atoms with Gasteiger partial charge in [0.15, 0.2) is 0 Å². The van der Waals surface area contributed by atoms with E-state index < -0.39 is 0 Å². The van der Waals surface area contributed by atoms with E-state index in [2.05, 4.69) is 26.1 Å². The van der Waals surface area contributed by atoms with Crippen molar-refractivity contribution in [3.8, 4) is 0 Å². The second-order valence-corrected chi connectivity index (χ2v) is 6.36. The summed E-state index contributed by atoms with van der Waals surface area (Å²) in [5.74, 6) is -0.0185. The first-order valence-corrected chi connectivity index (χ1v) is 7.31. The van der Waals surface area contributed by atoms with Crippen LogP contribution in [0.2, 0.25) is 0 Å². The molecule has 0 aliphatic heterocycles. The third-order valence-corrected chi connectivity index (χ3v) is 3.07. The molecular weight excluding hydrogens is 250 g/mol. The summed E-state index contributed by atoms with van der Waals surface area (Å²) in [5, 5.41) is 2.91. The van der Waals surface area contributed by atoms with E-state index in [-0.39, 0.29) is 17.4 Å². The molecule has 1 aromatic rings. The fraction of sp³-hybridized carbons (Fsp3) is 0.588. The van der Waals surface area contributed by atoms with Gasteiger partial charge in [-0.3, -0.25) is 4.79 Å².